The van der Waals surface area contributed by atoms with Gasteiger partial charge in [-0.1, -0.05) is 24.3 Å². The summed E-state index contributed by atoms with van der Waals surface area (Å²) in [5.41, 5.74) is 13.2. The summed E-state index contributed by atoms with van der Waals surface area (Å²) in [6.07, 6.45) is 2.69. The number of rotatable bonds is 3. The molecule has 1 aromatic carbocycles. The van der Waals surface area contributed by atoms with Crippen molar-refractivity contribution in [1.82, 2.24) is 9.97 Å². The maximum Gasteiger partial charge on any atom is 0.221 e. The fraction of sp³-hybridized carbons (Fsp3) is 0.167. The molecule has 0 aliphatic carbocycles. The molecule has 0 unspecified atom stereocenters. The molecule has 1 aromatic heterocycles. The molecule has 2 rings (SSSR count). The van der Waals surface area contributed by atoms with E-state index < -0.39 is 9.84 Å². The van der Waals surface area contributed by atoms with Gasteiger partial charge in [-0.3, -0.25) is 0 Å². The van der Waals surface area contributed by atoms with Crippen molar-refractivity contribution in [3.63, 3.8) is 0 Å². The van der Waals surface area contributed by atoms with Gasteiger partial charge < -0.3 is 11.5 Å². The SMILES string of the molecule is CS(=O)(=O)Cc1ccccc1-c1cnc(N)nc1N. The lowest BCUT2D eigenvalue weighted by Crippen LogP contribution is -2.05. The minimum absolute atomic E-state index is 0.0625. The minimum Gasteiger partial charge on any atom is -0.383 e. The van der Waals surface area contributed by atoms with Gasteiger partial charge in [0.1, 0.15) is 5.82 Å². The van der Waals surface area contributed by atoms with Gasteiger partial charge in [0.2, 0.25) is 5.95 Å². The molecule has 0 saturated heterocycles. The van der Waals surface area contributed by atoms with Crippen molar-refractivity contribution in [2.24, 2.45) is 0 Å². The largest absolute Gasteiger partial charge is 0.383 e. The van der Waals surface area contributed by atoms with E-state index in [9.17, 15) is 8.42 Å². The zero-order valence-corrected chi connectivity index (χ0v) is 11.2. The van der Waals surface area contributed by atoms with Crippen molar-refractivity contribution >= 4 is 21.6 Å². The first-order valence-corrected chi connectivity index (χ1v) is 7.57. The first-order chi connectivity index (χ1) is 8.87. The topological polar surface area (TPSA) is 112 Å². The number of aromatic nitrogens is 2. The predicted octanol–water partition coefficient (Wildman–Crippen LogP) is 0.853. The lowest BCUT2D eigenvalue weighted by atomic mass is 10.0. The summed E-state index contributed by atoms with van der Waals surface area (Å²) >= 11 is 0. The van der Waals surface area contributed by atoms with E-state index in [4.69, 9.17) is 11.5 Å². The normalized spacial score (nSPS) is 11.4. The second-order valence-corrected chi connectivity index (χ2v) is 6.39. The number of benzene rings is 1. The molecule has 19 heavy (non-hydrogen) atoms. The van der Waals surface area contributed by atoms with Gasteiger partial charge in [-0.2, -0.15) is 4.98 Å². The molecule has 0 aliphatic rings. The van der Waals surface area contributed by atoms with E-state index >= 15 is 0 Å². The summed E-state index contributed by atoms with van der Waals surface area (Å²) in [5, 5.41) is 0. The molecule has 0 fully saturated rings. The average molecular weight is 278 g/mol. The van der Waals surface area contributed by atoms with Gasteiger partial charge in [0, 0.05) is 18.0 Å². The van der Waals surface area contributed by atoms with Crippen LogP contribution in [-0.2, 0) is 15.6 Å². The molecular weight excluding hydrogens is 264 g/mol. The molecular formula is C12H14N4O2S. The van der Waals surface area contributed by atoms with Gasteiger partial charge in [0.05, 0.1) is 5.75 Å². The van der Waals surface area contributed by atoms with Crippen LogP contribution in [0.25, 0.3) is 11.1 Å². The Morgan fingerprint density at radius 2 is 1.84 bits per heavy atom. The fourth-order valence-electron chi connectivity index (χ4n) is 1.81. The number of nitrogens with two attached hydrogens (primary N) is 2. The third kappa shape index (κ3) is 3.19. The van der Waals surface area contributed by atoms with Gasteiger partial charge in [-0.25, -0.2) is 13.4 Å². The predicted molar refractivity (Wildman–Crippen MR) is 74.8 cm³/mol. The van der Waals surface area contributed by atoms with Crippen molar-refractivity contribution in [1.29, 1.82) is 0 Å². The monoisotopic (exact) mass is 278 g/mol. The van der Waals surface area contributed by atoms with Crippen molar-refractivity contribution in [3.05, 3.63) is 36.0 Å². The third-order valence-electron chi connectivity index (χ3n) is 2.56. The fourth-order valence-corrected chi connectivity index (χ4v) is 2.62. The van der Waals surface area contributed by atoms with Crippen LogP contribution in [0.4, 0.5) is 11.8 Å². The molecule has 0 aliphatic heterocycles. The zero-order valence-electron chi connectivity index (χ0n) is 10.4. The van der Waals surface area contributed by atoms with Crippen LogP contribution in [0.2, 0.25) is 0 Å². The number of sulfone groups is 1. The van der Waals surface area contributed by atoms with Crippen molar-refractivity contribution in [2.45, 2.75) is 5.75 Å². The number of anilines is 2. The molecule has 1 heterocycles. The summed E-state index contributed by atoms with van der Waals surface area (Å²) in [7, 11) is -3.14. The van der Waals surface area contributed by atoms with Crippen LogP contribution in [0.5, 0.6) is 0 Å². The van der Waals surface area contributed by atoms with Crippen LogP contribution in [0.15, 0.2) is 30.5 Å². The van der Waals surface area contributed by atoms with Crippen LogP contribution in [0, 0.1) is 0 Å². The van der Waals surface area contributed by atoms with Crippen LogP contribution in [-0.4, -0.2) is 24.6 Å². The highest BCUT2D eigenvalue weighted by molar-refractivity contribution is 7.89. The molecule has 0 radical (unpaired) electrons. The lowest BCUT2D eigenvalue weighted by Gasteiger charge is -2.10. The molecule has 0 amide bonds. The van der Waals surface area contributed by atoms with Crippen LogP contribution >= 0.6 is 0 Å². The Balaban J connectivity index is 2.56. The van der Waals surface area contributed by atoms with Crippen molar-refractivity contribution in [2.75, 3.05) is 17.7 Å². The Hall–Kier alpha value is -2.15. The molecule has 4 N–H and O–H groups in total. The number of hydrogen-bond acceptors (Lipinski definition) is 6. The second-order valence-electron chi connectivity index (χ2n) is 4.25. The van der Waals surface area contributed by atoms with Gasteiger partial charge in [-0.05, 0) is 11.1 Å². The van der Waals surface area contributed by atoms with Gasteiger partial charge >= 0.3 is 0 Å². The molecule has 2 aromatic rings. The van der Waals surface area contributed by atoms with E-state index in [0.29, 0.717) is 16.7 Å². The maximum absolute atomic E-state index is 11.4. The van der Waals surface area contributed by atoms with Crippen LogP contribution in [0.1, 0.15) is 5.56 Å². The third-order valence-corrected chi connectivity index (χ3v) is 3.40. The Bertz CT molecular complexity index is 713. The minimum atomic E-state index is -3.14. The summed E-state index contributed by atoms with van der Waals surface area (Å²) in [6, 6.07) is 7.10. The molecule has 6 nitrogen and oxygen atoms in total. The summed E-state index contributed by atoms with van der Waals surface area (Å²) in [6.45, 7) is 0. The molecule has 0 spiro atoms. The Morgan fingerprint density at radius 1 is 1.16 bits per heavy atom. The van der Waals surface area contributed by atoms with Crippen LogP contribution in [0.3, 0.4) is 0 Å². The highest BCUT2D eigenvalue weighted by Crippen LogP contribution is 2.28. The van der Waals surface area contributed by atoms with E-state index in [0.717, 1.165) is 0 Å². The standard InChI is InChI=1S/C12H14N4O2S/c1-19(17,18)7-8-4-2-3-5-9(8)10-6-15-12(14)16-11(10)13/h2-6H,7H2,1H3,(H4,13,14,15,16). The number of hydrogen-bond donors (Lipinski definition) is 2. The Kier molecular flexibility index (Phi) is 3.39. The van der Waals surface area contributed by atoms with E-state index in [1.165, 1.54) is 12.5 Å². The molecule has 0 bridgehead atoms. The van der Waals surface area contributed by atoms with E-state index in [1.807, 2.05) is 0 Å². The highest BCUT2D eigenvalue weighted by Gasteiger charge is 2.13. The number of nitrogens with zero attached hydrogens (tertiary/aromatic N) is 2. The maximum atomic E-state index is 11.4. The van der Waals surface area contributed by atoms with Crippen LogP contribution < -0.4 is 11.5 Å². The van der Waals surface area contributed by atoms with E-state index in [2.05, 4.69) is 9.97 Å². The quantitative estimate of drug-likeness (QED) is 0.860. The van der Waals surface area contributed by atoms with Gasteiger partial charge in [-0.15, -0.1) is 0 Å². The molecule has 0 saturated carbocycles. The van der Waals surface area contributed by atoms with E-state index in [1.54, 1.807) is 24.3 Å². The summed E-state index contributed by atoms with van der Waals surface area (Å²) in [5.74, 6) is 0.253. The van der Waals surface area contributed by atoms with Gasteiger partial charge in [0.15, 0.2) is 9.84 Å². The van der Waals surface area contributed by atoms with Crippen molar-refractivity contribution < 1.29 is 8.42 Å². The molecule has 7 heteroatoms. The van der Waals surface area contributed by atoms with Gasteiger partial charge in [0.25, 0.3) is 0 Å². The summed E-state index contributed by atoms with van der Waals surface area (Å²) in [4.78, 5) is 7.77. The first kappa shape index (κ1) is 13.3. The zero-order chi connectivity index (χ0) is 14.0. The highest BCUT2D eigenvalue weighted by atomic mass is 32.2. The number of nitrogen functional groups attached to an aromatic ring is 2. The Labute approximate surface area is 111 Å². The first-order valence-electron chi connectivity index (χ1n) is 5.51. The second kappa shape index (κ2) is 4.85. The van der Waals surface area contributed by atoms with E-state index in [-0.39, 0.29) is 17.5 Å². The average Bonchev–Trinajstić information content (AvgIpc) is 2.28. The molecule has 100 valence electrons. The lowest BCUT2D eigenvalue weighted by molar-refractivity contribution is 0.601. The smallest absolute Gasteiger partial charge is 0.221 e. The van der Waals surface area contributed by atoms with Crippen molar-refractivity contribution in [3.8, 4) is 11.1 Å². The Morgan fingerprint density at radius 3 is 2.47 bits per heavy atom. The molecule has 0 atom stereocenters. The summed E-state index contributed by atoms with van der Waals surface area (Å²) < 4.78 is 22.9.